The van der Waals surface area contributed by atoms with E-state index in [2.05, 4.69) is 6.58 Å². The van der Waals surface area contributed by atoms with Crippen molar-refractivity contribution >= 4 is 15.6 Å². The maximum atomic E-state index is 12.9. The first-order valence-corrected chi connectivity index (χ1v) is 9.69. The average molecular weight is 357 g/mol. The van der Waals surface area contributed by atoms with E-state index in [0.29, 0.717) is 0 Å². The van der Waals surface area contributed by atoms with Crippen molar-refractivity contribution in [2.45, 2.75) is 24.8 Å². The van der Waals surface area contributed by atoms with Gasteiger partial charge in [-0.3, -0.25) is 0 Å². The van der Waals surface area contributed by atoms with E-state index in [-0.39, 0.29) is 18.0 Å². The van der Waals surface area contributed by atoms with Crippen LogP contribution in [0.15, 0.2) is 66.1 Å². The van der Waals surface area contributed by atoms with Gasteiger partial charge in [-0.25, -0.2) is 8.42 Å². The number of hydrogen-bond donors (Lipinski definition) is 1. The van der Waals surface area contributed by atoms with E-state index >= 15 is 0 Å². The molecular formula is C20H23NO3S. The van der Waals surface area contributed by atoms with Gasteiger partial charge in [-0.2, -0.15) is 4.31 Å². The Morgan fingerprint density at radius 3 is 2.36 bits per heavy atom. The molecule has 2 aromatic carbocycles. The van der Waals surface area contributed by atoms with Crippen molar-refractivity contribution in [1.82, 2.24) is 4.31 Å². The van der Waals surface area contributed by atoms with Crippen molar-refractivity contribution in [2.24, 2.45) is 5.41 Å². The molecule has 0 radical (unpaired) electrons. The van der Waals surface area contributed by atoms with E-state index in [1.807, 2.05) is 44.2 Å². The average Bonchev–Trinajstić information content (AvgIpc) is 2.92. The van der Waals surface area contributed by atoms with Crippen LogP contribution in [0.2, 0.25) is 0 Å². The quantitative estimate of drug-likeness (QED) is 0.915. The van der Waals surface area contributed by atoms with Crippen LogP contribution < -0.4 is 0 Å². The Balaban J connectivity index is 1.90. The highest BCUT2D eigenvalue weighted by Crippen LogP contribution is 2.43. The fraction of sp³-hybridized carbons (Fsp3) is 0.300. The van der Waals surface area contributed by atoms with Gasteiger partial charge in [-0.15, -0.1) is 0 Å². The molecule has 0 aliphatic carbocycles. The lowest BCUT2D eigenvalue weighted by atomic mass is 9.77. The third kappa shape index (κ3) is 3.15. The number of nitrogens with zero attached hydrogens (tertiary/aromatic N) is 1. The molecule has 1 N–H and O–H groups in total. The summed E-state index contributed by atoms with van der Waals surface area (Å²) in [6.07, 6.45) is -0.805. The topological polar surface area (TPSA) is 57.6 Å². The first-order valence-electron chi connectivity index (χ1n) is 8.25. The highest BCUT2D eigenvalue weighted by Gasteiger charge is 2.48. The zero-order chi connectivity index (χ0) is 18.2. The number of aliphatic hydroxyl groups is 1. The van der Waals surface area contributed by atoms with Crippen LogP contribution in [0.25, 0.3) is 5.57 Å². The van der Waals surface area contributed by atoms with E-state index < -0.39 is 21.5 Å². The molecule has 0 spiro atoms. The molecule has 1 fully saturated rings. The Morgan fingerprint density at radius 2 is 1.76 bits per heavy atom. The van der Waals surface area contributed by atoms with Gasteiger partial charge in [0.1, 0.15) is 0 Å². The predicted octanol–water partition coefficient (Wildman–Crippen LogP) is 3.08. The lowest BCUT2D eigenvalue weighted by molar-refractivity contribution is 0.120. The lowest BCUT2D eigenvalue weighted by Crippen LogP contribution is -2.32. The summed E-state index contributed by atoms with van der Waals surface area (Å²) in [5.41, 5.74) is 1.95. The normalized spacial score (nSPS) is 24.4. The first-order chi connectivity index (χ1) is 11.7. The third-order valence-corrected chi connectivity index (χ3v) is 6.91. The standard InChI is InChI=1S/C20H23NO3S/c1-15-9-11-18(12-10-15)25(23,24)21-13-19(22)20(3,14-21)16(2)17-7-5-4-6-8-17/h4-12,19,22H,2,13-14H2,1,3H3/t19-,20+/m1/s1. The van der Waals surface area contributed by atoms with Gasteiger partial charge in [0.2, 0.25) is 10.0 Å². The molecule has 132 valence electrons. The largest absolute Gasteiger partial charge is 0.391 e. The molecule has 2 atom stereocenters. The van der Waals surface area contributed by atoms with Crippen LogP contribution in [0.1, 0.15) is 18.1 Å². The monoisotopic (exact) mass is 357 g/mol. The summed E-state index contributed by atoms with van der Waals surface area (Å²) >= 11 is 0. The molecule has 4 nitrogen and oxygen atoms in total. The summed E-state index contributed by atoms with van der Waals surface area (Å²) in [5, 5.41) is 10.6. The zero-order valence-electron chi connectivity index (χ0n) is 14.5. The Bertz CT molecular complexity index is 875. The summed E-state index contributed by atoms with van der Waals surface area (Å²) in [6, 6.07) is 16.4. The molecule has 3 rings (SSSR count). The van der Waals surface area contributed by atoms with Gasteiger partial charge < -0.3 is 5.11 Å². The van der Waals surface area contributed by atoms with Crippen molar-refractivity contribution in [3.63, 3.8) is 0 Å². The second-order valence-corrected chi connectivity index (χ2v) is 8.83. The Hall–Kier alpha value is -1.95. The van der Waals surface area contributed by atoms with Crippen LogP contribution >= 0.6 is 0 Å². The molecule has 1 heterocycles. The predicted molar refractivity (Wildman–Crippen MR) is 99.5 cm³/mol. The molecule has 0 aromatic heterocycles. The van der Waals surface area contributed by atoms with Crippen molar-refractivity contribution < 1.29 is 13.5 Å². The minimum Gasteiger partial charge on any atom is -0.391 e. The molecule has 5 heteroatoms. The SMILES string of the molecule is C=C(c1ccccc1)[C@]1(C)CN(S(=O)(=O)c2ccc(C)cc2)C[C@H]1O. The fourth-order valence-corrected chi connectivity index (χ4v) is 4.79. The lowest BCUT2D eigenvalue weighted by Gasteiger charge is -2.30. The van der Waals surface area contributed by atoms with Crippen LogP contribution in [0.5, 0.6) is 0 Å². The summed E-state index contributed by atoms with van der Waals surface area (Å²) in [7, 11) is -3.64. The van der Waals surface area contributed by atoms with Crippen LogP contribution in [-0.2, 0) is 10.0 Å². The summed E-state index contributed by atoms with van der Waals surface area (Å²) in [5.74, 6) is 0. The van der Waals surface area contributed by atoms with E-state index in [0.717, 1.165) is 16.7 Å². The molecular weight excluding hydrogens is 334 g/mol. The molecule has 0 bridgehead atoms. The summed E-state index contributed by atoms with van der Waals surface area (Å²) < 4.78 is 27.2. The second kappa shape index (κ2) is 6.41. The molecule has 0 saturated carbocycles. The number of hydrogen-bond acceptors (Lipinski definition) is 3. The smallest absolute Gasteiger partial charge is 0.243 e. The van der Waals surface area contributed by atoms with Crippen molar-refractivity contribution in [3.05, 3.63) is 72.3 Å². The van der Waals surface area contributed by atoms with Gasteiger partial charge in [0, 0.05) is 18.5 Å². The number of sulfonamides is 1. The first kappa shape index (κ1) is 17.9. The van der Waals surface area contributed by atoms with Crippen LogP contribution in [-0.4, -0.2) is 37.0 Å². The number of aryl methyl sites for hydroxylation is 1. The minimum absolute atomic E-state index is 0.0680. The summed E-state index contributed by atoms with van der Waals surface area (Å²) in [6.45, 7) is 8.21. The van der Waals surface area contributed by atoms with Gasteiger partial charge in [0.25, 0.3) is 0 Å². The number of β-amino-alcohol motifs (C(OH)–C–C–N with tert-alkyl or cyclic N) is 1. The van der Waals surface area contributed by atoms with Crippen LogP contribution in [0, 0.1) is 12.3 Å². The minimum atomic E-state index is -3.64. The number of aliphatic hydroxyl groups excluding tert-OH is 1. The van der Waals surface area contributed by atoms with E-state index in [9.17, 15) is 13.5 Å². The van der Waals surface area contributed by atoms with Gasteiger partial charge in [0.15, 0.2) is 0 Å². The third-order valence-electron chi connectivity index (χ3n) is 5.09. The van der Waals surface area contributed by atoms with Crippen LogP contribution in [0.4, 0.5) is 0 Å². The second-order valence-electron chi connectivity index (χ2n) is 6.89. The van der Waals surface area contributed by atoms with Gasteiger partial charge in [0.05, 0.1) is 11.0 Å². The highest BCUT2D eigenvalue weighted by molar-refractivity contribution is 7.89. The van der Waals surface area contributed by atoms with Gasteiger partial charge >= 0.3 is 0 Å². The number of benzene rings is 2. The zero-order valence-corrected chi connectivity index (χ0v) is 15.3. The maximum absolute atomic E-state index is 12.9. The Morgan fingerprint density at radius 1 is 1.16 bits per heavy atom. The molecule has 0 amide bonds. The van der Waals surface area contributed by atoms with Gasteiger partial charge in [-0.1, -0.05) is 61.5 Å². The molecule has 2 aromatic rings. The molecule has 1 aliphatic heterocycles. The molecule has 1 aliphatic rings. The summed E-state index contributed by atoms with van der Waals surface area (Å²) in [4.78, 5) is 0.250. The Labute approximate surface area is 149 Å². The fourth-order valence-electron chi connectivity index (χ4n) is 3.24. The highest BCUT2D eigenvalue weighted by atomic mass is 32.2. The van der Waals surface area contributed by atoms with E-state index in [4.69, 9.17) is 0 Å². The number of rotatable bonds is 4. The van der Waals surface area contributed by atoms with Gasteiger partial charge in [-0.05, 0) is 30.2 Å². The Kier molecular flexibility index (Phi) is 4.58. The molecule has 0 unspecified atom stereocenters. The van der Waals surface area contributed by atoms with Crippen LogP contribution in [0.3, 0.4) is 0 Å². The molecule has 25 heavy (non-hydrogen) atoms. The van der Waals surface area contributed by atoms with E-state index in [1.54, 1.807) is 24.3 Å². The van der Waals surface area contributed by atoms with Crippen molar-refractivity contribution in [1.29, 1.82) is 0 Å². The van der Waals surface area contributed by atoms with E-state index in [1.165, 1.54) is 4.31 Å². The maximum Gasteiger partial charge on any atom is 0.243 e. The van der Waals surface area contributed by atoms with Crippen molar-refractivity contribution in [3.8, 4) is 0 Å². The molecule has 1 saturated heterocycles. The van der Waals surface area contributed by atoms with Crippen molar-refractivity contribution in [2.75, 3.05) is 13.1 Å².